The fourth-order valence-corrected chi connectivity index (χ4v) is 3.66. The van der Waals surface area contributed by atoms with Gasteiger partial charge < -0.3 is 5.32 Å². The number of carbonyl (C=O) groups excluding carboxylic acids is 2. The van der Waals surface area contributed by atoms with Gasteiger partial charge in [-0.3, -0.25) is 4.79 Å². The largest absolute Gasteiger partial charge is 0.332 e. The van der Waals surface area contributed by atoms with Crippen LogP contribution in [0, 0.1) is 5.92 Å². The standard InChI is InChI=1S/C15H21N5O2/c1-15(10-7-8-10)12(21)20(14(22)17-15)13-16-9-19(18-13)11-5-3-2-4-6-11/h9-11H,2-8H2,1H3,(H,17,22). The van der Waals surface area contributed by atoms with Crippen molar-refractivity contribution in [3.63, 3.8) is 0 Å². The molecule has 4 rings (SSSR count). The number of nitrogens with zero attached hydrogens (tertiary/aromatic N) is 4. The molecule has 2 aliphatic carbocycles. The summed E-state index contributed by atoms with van der Waals surface area (Å²) in [4.78, 5) is 30.2. The van der Waals surface area contributed by atoms with E-state index in [0.717, 1.165) is 30.6 Å². The molecule has 3 fully saturated rings. The van der Waals surface area contributed by atoms with Gasteiger partial charge in [-0.05, 0) is 38.5 Å². The van der Waals surface area contributed by atoms with Gasteiger partial charge >= 0.3 is 6.03 Å². The van der Waals surface area contributed by atoms with Crippen molar-refractivity contribution in [3.8, 4) is 0 Å². The number of rotatable bonds is 3. The zero-order valence-electron chi connectivity index (χ0n) is 12.8. The highest BCUT2D eigenvalue weighted by Gasteiger charge is 2.57. The van der Waals surface area contributed by atoms with Crippen LogP contribution in [0.3, 0.4) is 0 Å². The smallest absolute Gasteiger partial charge is 0.323 e. The van der Waals surface area contributed by atoms with Gasteiger partial charge in [-0.1, -0.05) is 19.3 Å². The summed E-state index contributed by atoms with van der Waals surface area (Å²) in [5, 5.41) is 7.24. The van der Waals surface area contributed by atoms with E-state index in [1.54, 1.807) is 6.33 Å². The van der Waals surface area contributed by atoms with Crippen LogP contribution in [0.4, 0.5) is 10.7 Å². The Kier molecular flexibility index (Phi) is 2.99. The van der Waals surface area contributed by atoms with E-state index >= 15 is 0 Å². The van der Waals surface area contributed by atoms with Crippen molar-refractivity contribution in [3.05, 3.63) is 6.33 Å². The molecule has 1 N–H and O–H groups in total. The van der Waals surface area contributed by atoms with Crippen LogP contribution in [-0.4, -0.2) is 32.2 Å². The molecule has 22 heavy (non-hydrogen) atoms. The maximum Gasteiger partial charge on any atom is 0.332 e. The summed E-state index contributed by atoms with van der Waals surface area (Å²) in [5.74, 6) is 0.230. The Balaban J connectivity index is 1.58. The second-order valence-corrected chi connectivity index (χ2v) is 6.86. The number of amides is 3. The van der Waals surface area contributed by atoms with E-state index < -0.39 is 11.6 Å². The molecule has 0 bridgehead atoms. The molecule has 7 heteroatoms. The number of hydrogen-bond acceptors (Lipinski definition) is 4. The monoisotopic (exact) mass is 303 g/mol. The first-order valence-corrected chi connectivity index (χ1v) is 8.17. The van der Waals surface area contributed by atoms with Crippen LogP contribution in [0.25, 0.3) is 0 Å². The number of urea groups is 1. The number of anilines is 1. The van der Waals surface area contributed by atoms with Crippen molar-refractivity contribution in [1.82, 2.24) is 20.1 Å². The van der Waals surface area contributed by atoms with E-state index in [4.69, 9.17) is 0 Å². The van der Waals surface area contributed by atoms with Gasteiger partial charge in [0.15, 0.2) is 0 Å². The topological polar surface area (TPSA) is 80.1 Å². The lowest BCUT2D eigenvalue weighted by atomic mass is 9.96. The van der Waals surface area contributed by atoms with Crippen molar-refractivity contribution < 1.29 is 9.59 Å². The molecule has 2 heterocycles. The molecular weight excluding hydrogens is 282 g/mol. The molecule has 3 amide bonds. The van der Waals surface area contributed by atoms with Gasteiger partial charge in [0.2, 0.25) is 0 Å². The molecule has 1 atom stereocenters. The van der Waals surface area contributed by atoms with E-state index in [1.807, 2.05) is 11.6 Å². The summed E-state index contributed by atoms with van der Waals surface area (Å²) in [6.45, 7) is 1.81. The average Bonchev–Trinajstić information content (AvgIpc) is 3.23. The minimum atomic E-state index is -0.784. The van der Waals surface area contributed by atoms with Crippen LogP contribution in [0.2, 0.25) is 0 Å². The molecule has 2 saturated carbocycles. The second-order valence-electron chi connectivity index (χ2n) is 6.86. The van der Waals surface area contributed by atoms with Crippen molar-refractivity contribution in [2.75, 3.05) is 4.90 Å². The molecule has 1 unspecified atom stereocenters. The van der Waals surface area contributed by atoms with E-state index in [-0.39, 0.29) is 17.8 Å². The van der Waals surface area contributed by atoms with Crippen LogP contribution in [-0.2, 0) is 4.79 Å². The SMILES string of the molecule is CC1(C2CC2)NC(=O)N(c2ncn(C3CCCCC3)n2)C1=O. The van der Waals surface area contributed by atoms with E-state index in [2.05, 4.69) is 15.4 Å². The number of aromatic nitrogens is 3. The number of nitrogens with one attached hydrogen (secondary N) is 1. The van der Waals surface area contributed by atoms with Crippen LogP contribution in [0.5, 0.6) is 0 Å². The Morgan fingerprint density at radius 2 is 1.91 bits per heavy atom. The Bertz CT molecular complexity index is 617. The molecule has 0 radical (unpaired) electrons. The first-order valence-electron chi connectivity index (χ1n) is 8.17. The van der Waals surface area contributed by atoms with Gasteiger partial charge in [-0.2, -0.15) is 9.88 Å². The second kappa shape index (κ2) is 4.79. The fourth-order valence-electron chi connectivity index (χ4n) is 3.66. The molecule has 0 spiro atoms. The van der Waals surface area contributed by atoms with Crippen molar-refractivity contribution >= 4 is 17.9 Å². The first kappa shape index (κ1) is 13.7. The van der Waals surface area contributed by atoms with E-state index in [0.29, 0.717) is 6.04 Å². The molecule has 1 saturated heterocycles. The van der Waals surface area contributed by atoms with Gasteiger partial charge in [-0.25, -0.2) is 9.48 Å². The van der Waals surface area contributed by atoms with Gasteiger partial charge in [-0.15, -0.1) is 5.10 Å². The van der Waals surface area contributed by atoms with Crippen molar-refractivity contribution in [2.24, 2.45) is 5.92 Å². The maximum absolute atomic E-state index is 12.7. The van der Waals surface area contributed by atoms with E-state index in [1.165, 1.54) is 19.3 Å². The Labute approximate surface area is 129 Å². The molecular formula is C15H21N5O2. The lowest BCUT2D eigenvalue weighted by Gasteiger charge is -2.21. The summed E-state index contributed by atoms with van der Waals surface area (Å²) in [5.41, 5.74) is -0.784. The molecule has 0 aromatic carbocycles. The zero-order valence-corrected chi connectivity index (χ0v) is 12.8. The summed E-state index contributed by atoms with van der Waals surface area (Å²) >= 11 is 0. The number of hydrogen-bond donors (Lipinski definition) is 1. The van der Waals surface area contributed by atoms with Crippen LogP contribution in [0.15, 0.2) is 6.33 Å². The Morgan fingerprint density at radius 1 is 1.18 bits per heavy atom. The van der Waals surface area contributed by atoms with Crippen LogP contribution >= 0.6 is 0 Å². The van der Waals surface area contributed by atoms with Crippen molar-refractivity contribution in [2.45, 2.75) is 63.5 Å². The highest BCUT2D eigenvalue weighted by atomic mass is 16.2. The number of imide groups is 1. The normalized spacial score (nSPS) is 30.0. The highest BCUT2D eigenvalue weighted by Crippen LogP contribution is 2.43. The predicted molar refractivity (Wildman–Crippen MR) is 79.3 cm³/mol. The minimum absolute atomic E-state index is 0.206. The fraction of sp³-hybridized carbons (Fsp3) is 0.733. The summed E-state index contributed by atoms with van der Waals surface area (Å²) in [6, 6.07) is -0.0635. The Hall–Kier alpha value is -1.92. The van der Waals surface area contributed by atoms with Crippen LogP contribution in [0.1, 0.15) is 57.9 Å². The third-order valence-electron chi connectivity index (χ3n) is 5.26. The first-order chi connectivity index (χ1) is 10.6. The van der Waals surface area contributed by atoms with Gasteiger partial charge in [0.05, 0.1) is 6.04 Å². The highest BCUT2D eigenvalue weighted by molar-refractivity contribution is 6.22. The van der Waals surface area contributed by atoms with E-state index in [9.17, 15) is 9.59 Å². The lowest BCUT2D eigenvalue weighted by molar-refractivity contribution is -0.122. The van der Waals surface area contributed by atoms with Crippen molar-refractivity contribution in [1.29, 1.82) is 0 Å². The molecule has 1 aromatic rings. The average molecular weight is 303 g/mol. The molecule has 1 aliphatic heterocycles. The van der Waals surface area contributed by atoms with Gasteiger partial charge in [0.25, 0.3) is 11.9 Å². The zero-order chi connectivity index (χ0) is 15.3. The molecule has 3 aliphatic rings. The Morgan fingerprint density at radius 3 is 2.59 bits per heavy atom. The number of carbonyl (C=O) groups is 2. The maximum atomic E-state index is 12.7. The van der Waals surface area contributed by atoms with Crippen LogP contribution < -0.4 is 10.2 Å². The van der Waals surface area contributed by atoms with Gasteiger partial charge in [0.1, 0.15) is 11.9 Å². The lowest BCUT2D eigenvalue weighted by Crippen LogP contribution is -2.46. The third kappa shape index (κ3) is 2.02. The summed E-state index contributed by atoms with van der Waals surface area (Å²) in [7, 11) is 0. The molecule has 118 valence electrons. The summed E-state index contributed by atoms with van der Waals surface area (Å²) < 4.78 is 1.82. The predicted octanol–water partition coefficient (Wildman–Crippen LogP) is 2.01. The molecule has 1 aromatic heterocycles. The summed E-state index contributed by atoms with van der Waals surface area (Å²) in [6.07, 6.45) is 9.46. The minimum Gasteiger partial charge on any atom is -0.323 e. The third-order valence-corrected chi connectivity index (χ3v) is 5.26. The molecule has 7 nitrogen and oxygen atoms in total. The van der Waals surface area contributed by atoms with Gasteiger partial charge in [0, 0.05) is 0 Å². The quantitative estimate of drug-likeness (QED) is 0.866.